The number of methoxy groups -OCH3 is 1. The molecule has 0 spiro atoms. The van der Waals surface area contributed by atoms with Crippen LogP contribution in [0.3, 0.4) is 0 Å². The lowest BCUT2D eigenvalue weighted by Crippen LogP contribution is -2.13. The second-order valence-corrected chi connectivity index (χ2v) is 5.87. The van der Waals surface area contributed by atoms with E-state index in [1.807, 2.05) is 13.0 Å². The van der Waals surface area contributed by atoms with Crippen molar-refractivity contribution in [1.29, 1.82) is 0 Å². The van der Waals surface area contributed by atoms with Gasteiger partial charge < -0.3 is 14.5 Å². The highest BCUT2D eigenvalue weighted by atomic mass is 35.5. The number of fused-ring (bicyclic) bond motifs is 1. The largest absolute Gasteiger partial charge is 0.493 e. The lowest BCUT2D eigenvalue weighted by molar-refractivity contribution is 0.102. The number of carbonyl (C=O) groups is 1. The molecule has 124 valence electrons. The molecule has 1 aromatic carbocycles. The van der Waals surface area contributed by atoms with Crippen LogP contribution in [0.15, 0.2) is 35.0 Å². The molecular formula is C17H14Cl2N2O3. The van der Waals surface area contributed by atoms with E-state index in [0.717, 1.165) is 5.76 Å². The minimum Gasteiger partial charge on any atom is -0.493 e. The van der Waals surface area contributed by atoms with Gasteiger partial charge in [-0.15, -0.1) is 0 Å². The molecule has 0 bridgehead atoms. The fourth-order valence-corrected chi connectivity index (χ4v) is 2.85. The molecule has 0 fully saturated rings. The third kappa shape index (κ3) is 2.92. The molecule has 2 aromatic heterocycles. The van der Waals surface area contributed by atoms with E-state index in [9.17, 15) is 4.79 Å². The zero-order valence-corrected chi connectivity index (χ0v) is 14.5. The van der Waals surface area contributed by atoms with Crippen molar-refractivity contribution in [2.24, 2.45) is 0 Å². The van der Waals surface area contributed by atoms with E-state index in [4.69, 9.17) is 32.4 Å². The molecule has 24 heavy (non-hydrogen) atoms. The maximum atomic E-state index is 12.7. The smallest absolute Gasteiger partial charge is 0.256 e. The highest BCUT2D eigenvalue weighted by Crippen LogP contribution is 2.33. The maximum absolute atomic E-state index is 12.7. The number of nitrogens with zero attached hydrogens (tertiary/aromatic N) is 1. The standard InChI is InChI=1S/C17H14Cl2N2O3/c1-3-9-6-11-10(4-5-14(23-2)16(11)24-9)17(22)21-15-12(18)7-20-8-13(15)19/h4-8H,3H2,1-2H3,(H,20,21,22). The lowest BCUT2D eigenvalue weighted by Gasteiger charge is -2.10. The van der Waals surface area contributed by atoms with E-state index in [1.54, 1.807) is 19.2 Å². The van der Waals surface area contributed by atoms with Gasteiger partial charge in [0.2, 0.25) is 0 Å². The summed E-state index contributed by atoms with van der Waals surface area (Å²) in [6.07, 6.45) is 3.54. The number of halogens is 2. The molecule has 1 N–H and O–H groups in total. The zero-order valence-electron chi connectivity index (χ0n) is 13.0. The summed E-state index contributed by atoms with van der Waals surface area (Å²) in [6, 6.07) is 5.20. The molecule has 0 radical (unpaired) electrons. The van der Waals surface area contributed by atoms with Crippen LogP contribution >= 0.6 is 23.2 Å². The van der Waals surface area contributed by atoms with Crippen LogP contribution in [0, 0.1) is 0 Å². The van der Waals surface area contributed by atoms with Crippen LogP contribution in [-0.2, 0) is 6.42 Å². The SMILES string of the molecule is CCc1cc2c(C(=O)Nc3c(Cl)cncc3Cl)ccc(OC)c2o1. The molecule has 0 aliphatic carbocycles. The molecule has 0 saturated carbocycles. The Morgan fingerprint density at radius 2 is 2.00 bits per heavy atom. The normalized spacial score (nSPS) is 10.8. The molecule has 0 aliphatic rings. The molecule has 1 amide bonds. The van der Waals surface area contributed by atoms with E-state index in [2.05, 4.69) is 10.3 Å². The molecule has 7 heteroatoms. The fraction of sp³-hybridized carbons (Fsp3) is 0.176. The predicted molar refractivity (Wildman–Crippen MR) is 94.4 cm³/mol. The Morgan fingerprint density at radius 1 is 1.29 bits per heavy atom. The minimum atomic E-state index is -0.346. The van der Waals surface area contributed by atoms with Gasteiger partial charge in [0.25, 0.3) is 5.91 Å². The number of nitrogens with one attached hydrogen (secondary N) is 1. The third-order valence-corrected chi connectivity index (χ3v) is 4.18. The first-order valence-electron chi connectivity index (χ1n) is 7.25. The van der Waals surface area contributed by atoms with Gasteiger partial charge in [-0.2, -0.15) is 0 Å². The second-order valence-electron chi connectivity index (χ2n) is 5.06. The third-order valence-electron chi connectivity index (χ3n) is 3.60. The Balaban J connectivity index is 2.06. The van der Waals surface area contributed by atoms with Crippen molar-refractivity contribution in [2.45, 2.75) is 13.3 Å². The molecule has 0 unspecified atom stereocenters. The number of carbonyl (C=O) groups excluding carboxylic acids is 1. The summed E-state index contributed by atoms with van der Waals surface area (Å²) in [5, 5.41) is 3.93. The Morgan fingerprint density at radius 3 is 2.62 bits per heavy atom. The molecule has 0 aliphatic heterocycles. The minimum absolute atomic E-state index is 0.266. The first-order chi connectivity index (χ1) is 11.5. The fourth-order valence-electron chi connectivity index (χ4n) is 2.39. The van der Waals surface area contributed by atoms with E-state index < -0.39 is 0 Å². The van der Waals surface area contributed by atoms with Gasteiger partial charge in [0.05, 0.1) is 28.4 Å². The summed E-state index contributed by atoms with van der Waals surface area (Å²) in [5.74, 6) is 0.992. The number of aromatic nitrogens is 1. The van der Waals surface area contributed by atoms with Gasteiger partial charge in [0.1, 0.15) is 5.76 Å². The average molecular weight is 365 g/mol. The van der Waals surface area contributed by atoms with E-state index in [0.29, 0.717) is 34.4 Å². The number of rotatable bonds is 4. The van der Waals surface area contributed by atoms with Crippen LogP contribution < -0.4 is 10.1 Å². The predicted octanol–water partition coefficient (Wildman–Crippen LogP) is 4.96. The Hall–Kier alpha value is -2.24. The summed E-state index contributed by atoms with van der Waals surface area (Å²) >= 11 is 12.1. The number of benzene rings is 1. The van der Waals surface area contributed by atoms with Crippen LogP contribution in [0.5, 0.6) is 5.75 Å². The lowest BCUT2D eigenvalue weighted by atomic mass is 10.1. The summed E-state index contributed by atoms with van der Waals surface area (Å²) in [5.41, 5.74) is 1.30. The molecule has 5 nitrogen and oxygen atoms in total. The average Bonchev–Trinajstić information content (AvgIpc) is 3.01. The summed E-state index contributed by atoms with van der Waals surface area (Å²) in [6.45, 7) is 1.97. The number of aryl methyl sites for hydroxylation is 1. The number of ether oxygens (including phenoxy) is 1. The van der Waals surface area contributed by atoms with Gasteiger partial charge in [-0.1, -0.05) is 30.1 Å². The van der Waals surface area contributed by atoms with Crippen LogP contribution in [0.2, 0.25) is 10.0 Å². The summed E-state index contributed by atoms with van der Waals surface area (Å²) < 4.78 is 11.1. The maximum Gasteiger partial charge on any atom is 0.256 e. The van der Waals surface area contributed by atoms with Crippen LogP contribution in [0.4, 0.5) is 5.69 Å². The molecule has 3 rings (SSSR count). The van der Waals surface area contributed by atoms with Gasteiger partial charge in [-0.25, -0.2) is 0 Å². The highest BCUT2D eigenvalue weighted by Gasteiger charge is 2.19. The van der Waals surface area contributed by atoms with Crippen molar-refractivity contribution < 1.29 is 13.9 Å². The molecule has 0 atom stereocenters. The number of amides is 1. The number of anilines is 1. The summed E-state index contributed by atoms with van der Waals surface area (Å²) in [7, 11) is 1.55. The number of hydrogen-bond donors (Lipinski definition) is 1. The van der Waals surface area contributed by atoms with Gasteiger partial charge in [-0.05, 0) is 18.2 Å². The van der Waals surface area contributed by atoms with E-state index in [1.165, 1.54) is 12.4 Å². The van der Waals surface area contributed by atoms with E-state index in [-0.39, 0.29) is 16.0 Å². The van der Waals surface area contributed by atoms with Crippen molar-refractivity contribution in [1.82, 2.24) is 4.98 Å². The van der Waals surface area contributed by atoms with Crippen molar-refractivity contribution in [2.75, 3.05) is 12.4 Å². The first kappa shape index (κ1) is 16.6. The Kier molecular flexibility index (Phi) is 4.64. The van der Waals surface area contributed by atoms with Gasteiger partial charge in [0.15, 0.2) is 11.3 Å². The highest BCUT2D eigenvalue weighted by molar-refractivity contribution is 6.39. The number of hydrogen-bond acceptors (Lipinski definition) is 4. The number of furan rings is 1. The van der Waals surface area contributed by atoms with Crippen molar-refractivity contribution in [3.63, 3.8) is 0 Å². The van der Waals surface area contributed by atoms with Crippen molar-refractivity contribution >= 4 is 45.8 Å². The van der Waals surface area contributed by atoms with Gasteiger partial charge in [-0.3, -0.25) is 9.78 Å². The van der Waals surface area contributed by atoms with Gasteiger partial charge >= 0.3 is 0 Å². The van der Waals surface area contributed by atoms with Crippen LogP contribution in [-0.4, -0.2) is 18.0 Å². The Labute approximate surface area is 148 Å². The topological polar surface area (TPSA) is 64.4 Å². The molecule has 2 heterocycles. The summed E-state index contributed by atoms with van der Waals surface area (Å²) in [4.78, 5) is 16.6. The van der Waals surface area contributed by atoms with E-state index >= 15 is 0 Å². The van der Waals surface area contributed by atoms with Crippen LogP contribution in [0.1, 0.15) is 23.0 Å². The monoisotopic (exact) mass is 364 g/mol. The number of pyridine rings is 1. The molecule has 0 saturated heterocycles. The second kappa shape index (κ2) is 6.71. The van der Waals surface area contributed by atoms with Crippen LogP contribution in [0.25, 0.3) is 11.0 Å². The Bertz CT molecular complexity index is 901. The van der Waals surface area contributed by atoms with Crippen molar-refractivity contribution in [3.05, 3.63) is 52.0 Å². The first-order valence-corrected chi connectivity index (χ1v) is 8.00. The van der Waals surface area contributed by atoms with Gasteiger partial charge in [0, 0.05) is 24.2 Å². The van der Waals surface area contributed by atoms with Crippen molar-refractivity contribution in [3.8, 4) is 5.75 Å². The molecular weight excluding hydrogens is 351 g/mol. The zero-order chi connectivity index (χ0) is 17.3. The quantitative estimate of drug-likeness (QED) is 0.710. The molecule has 3 aromatic rings.